The lowest BCUT2D eigenvalue weighted by Crippen LogP contribution is -2.18. The van der Waals surface area contributed by atoms with Crippen LogP contribution < -0.4 is 9.47 Å². The highest BCUT2D eigenvalue weighted by molar-refractivity contribution is 9.11. The highest BCUT2D eigenvalue weighted by Crippen LogP contribution is 2.37. The first kappa shape index (κ1) is 38.1. The minimum Gasteiger partial charge on any atom is -0.466 e. The molecule has 0 fully saturated rings. The van der Waals surface area contributed by atoms with Crippen LogP contribution in [0.5, 0.6) is 11.5 Å². The van der Waals surface area contributed by atoms with Gasteiger partial charge >= 0.3 is 36.0 Å². The van der Waals surface area contributed by atoms with E-state index >= 15 is 0 Å². The van der Waals surface area contributed by atoms with Crippen molar-refractivity contribution in [1.82, 2.24) is 0 Å². The molecule has 230 valence electrons. The Balaban J connectivity index is 0.000000430. The summed E-state index contributed by atoms with van der Waals surface area (Å²) in [7, 11) is 2.30. The van der Waals surface area contributed by atoms with Gasteiger partial charge in [-0.2, -0.15) is 0 Å². The first-order chi connectivity index (χ1) is 20.2. The van der Waals surface area contributed by atoms with Gasteiger partial charge in [0.15, 0.2) is 18.1 Å². The number of hydrogen-bond acceptors (Lipinski definition) is 12. The van der Waals surface area contributed by atoms with Crippen LogP contribution in [0.4, 0.5) is 4.79 Å². The molecule has 43 heavy (non-hydrogen) atoms. The van der Waals surface area contributed by atoms with Crippen LogP contribution in [0.2, 0.25) is 15.1 Å². The molecule has 2 aromatic rings. The smallest absolute Gasteiger partial charge is 0.466 e. The van der Waals surface area contributed by atoms with Crippen molar-refractivity contribution in [3.63, 3.8) is 0 Å². The molecule has 0 aliphatic heterocycles. The van der Waals surface area contributed by atoms with E-state index in [1.807, 2.05) is 0 Å². The largest absolute Gasteiger partial charge is 0.522 e. The Morgan fingerprint density at radius 1 is 0.674 bits per heavy atom. The van der Waals surface area contributed by atoms with Crippen molar-refractivity contribution in [2.45, 2.75) is 0 Å². The van der Waals surface area contributed by atoms with E-state index in [9.17, 15) is 28.8 Å². The molecule has 0 bridgehead atoms. The average molecular weight is 854 g/mol. The molecule has 0 unspecified atom stereocenters. The van der Waals surface area contributed by atoms with Crippen LogP contribution in [0.1, 0.15) is 0 Å². The molecule has 0 atom stereocenters. The second-order valence-electron chi connectivity index (χ2n) is 6.97. The zero-order valence-corrected chi connectivity index (χ0v) is 28.5. The molecule has 2 rings (SSSR count). The molecule has 2 aromatic carbocycles. The normalized spacial score (nSPS) is 10.3. The molecule has 0 saturated carbocycles. The summed E-state index contributed by atoms with van der Waals surface area (Å²) in [6.45, 7) is -0.695. The summed E-state index contributed by atoms with van der Waals surface area (Å²) >= 11 is 27.0. The third-order valence-corrected chi connectivity index (χ3v) is 6.37. The zero-order valence-electron chi connectivity index (χ0n) is 21.5. The lowest BCUT2D eigenvalue weighted by atomic mass is 10.3. The molecule has 18 heteroatoms. The van der Waals surface area contributed by atoms with E-state index in [0.29, 0.717) is 8.95 Å². The summed E-state index contributed by atoms with van der Waals surface area (Å²) in [5, 5.41) is 0.333. The summed E-state index contributed by atoms with van der Waals surface area (Å²) in [5.41, 5.74) is 0. The minimum absolute atomic E-state index is 0.0303. The van der Waals surface area contributed by atoms with E-state index in [-0.39, 0.29) is 26.6 Å². The van der Waals surface area contributed by atoms with Crippen molar-refractivity contribution < 1.29 is 57.2 Å². The second kappa shape index (κ2) is 19.4. The molecule has 0 radical (unpaired) electrons. The highest BCUT2D eigenvalue weighted by Gasteiger charge is 2.17. The fourth-order valence-electron chi connectivity index (χ4n) is 2.20. The maximum atomic E-state index is 11.5. The van der Waals surface area contributed by atoms with Gasteiger partial charge in [0, 0.05) is 33.8 Å². The molecule has 12 nitrogen and oxygen atoms in total. The van der Waals surface area contributed by atoms with Gasteiger partial charge in [0.2, 0.25) is 0 Å². The predicted molar refractivity (Wildman–Crippen MR) is 162 cm³/mol. The third-order valence-electron chi connectivity index (χ3n) is 3.96. The van der Waals surface area contributed by atoms with Gasteiger partial charge in [-0.25, -0.2) is 28.8 Å². The lowest BCUT2D eigenvalue weighted by molar-refractivity contribution is -0.150. The van der Waals surface area contributed by atoms with E-state index < -0.39 is 42.6 Å². The first-order valence-electron chi connectivity index (χ1n) is 10.8. The fourth-order valence-corrected chi connectivity index (χ4v) is 5.52. The molecule has 0 saturated heterocycles. The SMILES string of the molecule is COC(=O)/C=C\C(=O)OC(=O)Oc1c(Br)cc(Br)cc1Br.COC(=O)/C=C\C(=O)OCC(=O)Oc1c(Cl)cc(Cl)cc1Cl. The Labute approximate surface area is 283 Å². The number of esters is 5. The molecular weight excluding hydrogens is 838 g/mol. The van der Waals surface area contributed by atoms with Crippen LogP contribution in [-0.2, 0) is 42.9 Å². The van der Waals surface area contributed by atoms with Crippen LogP contribution in [-0.4, -0.2) is 56.8 Å². The maximum absolute atomic E-state index is 11.5. The van der Waals surface area contributed by atoms with Crippen molar-refractivity contribution >= 4 is 119 Å². The van der Waals surface area contributed by atoms with Crippen LogP contribution in [0.15, 0.2) is 62.0 Å². The van der Waals surface area contributed by atoms with E-state index in [1.165, 1.54) is 12.1 Å². The molecule has 0 aliphatic rings. The number of ether oxygens (including phenoxy) is 6. The second-order valence-corrected chi connectivity index (χ2v) is 10.8. The Bertz CT molecular complexity index is 1410. The van der Waals surface area contributed by atoms with Crippen molar-refractivity contribution in [2.24, 2.45) is 0 Å². The van der Waals surface area contributed by atoms with E-state index in [4.69, 9.17) is 44.3 Å². The average Bonchev–Trinajstić information content (AvgIpc) is 2.93. The van der Waals surface area contributed by atoms with Crippen molar-refractivity contribution in [2.75, 3.05) is 20.8 Å². The van der Waals surface area contributed by atoms with E-state index in [0.717, 1.165) is 43.0 Å². The summed E-state index contributed by atoms with van der Waals surface area (Å²) in [6, 6.07) is 5.96. The third kappa shape index (κ3) is 14.9. The predicted octanol–water partition coefficient (Wildman–Crippen LogP) is 6.57. The monoisotopic (exact) mass is 850 g/mol. The van der Waals surface area contributed by atoms with Crippen LogP contribution >= 0.6 is 82.6 Å². The molecule has 0 N–H and O–H groups in total. The number of halogens is 6. The van der Waals surface area contributed by atoms with Gasteiger partial charge < -0.3 is 28.4 Å². The number of carbonyl (C=O) groups excluding carboxylic acids is 6. The number of rotatable bonds is 8. The Morgan fingerprint density at radius 3 is 1.63 bits per heavy atom. The van der Waals surface area contributed by atoms with Gasteiger partial charge in [0.1, 0.15) is 0 Å². The molecule has 0 aromatic heterocycles. The molecule has 0 heterocycles. The molecule has 0 aliphatic carbocycles. The van der Waals surface area contributed by atoms with Gasteiger partial charge in [0.05, 0.1) is 33.2 Å². The van der Waals surface area contributed by atoms with Gasteiger partial charge in [-0.15, -0.1) is 0 Å². The Hall–Kier alpha value is -2.95. The lowest BCUT2D eigenvalue weighted by Gasteiger charge is -2.08. The Morgan fingerprint density at radius 2 is 1.14 bits per heavy atom. The summed E-state index contributed by atoms with van der Waals surface area (Å²) in [5.74, 6) is -4.33. The topological polar surface area (TPSA) is 158 Å². The molecule has 0 amide bonds. The van der Waals surface area contributed by atoms with Crippen molar-refractivity contribution in [3.05, 3.63) is 77.1 Å². The summed E-state index contributed by atoms with van der Waals surface area (Å²) in [6.07, 6.45) is 1.99. The molecule has 0 spiro atoms. The number of methoxy groups -OCH3 is 2. The van der Waals surface area contributed by atoms with E-state index in [1.54, 1.807) is 12.1 Å². The first-order valence-corrected chi connectivity index (χ1v) is 14.3. The van der Waals surface area contributed by atoms with E-state index in [2.05, 4.69) is 66.7 Å². The van der Waals surface area contributed by atoms with Crippen molar-refractivity contribution in [3.8, 4) is 11.5 Å². The van der Waals surface area contributed by atoms with Gasteiger partial charge in [0.25, 0.3) is 0 Å². The Kier molecular flexibility index (Phi) is 17.1. The highest BCUT2D eigenvalue weighted by atomic mass is 79.9. The number of carbonyl (C=O) groups is 6. The minimum atomic E-state index is -1.24. The number of benzene rings is 2. The van der Waals surface area contributed by atoms with Crippen LogP contribution in [0.25, 0.3) is 0 Å². The maximum Gasteiger partial charge on any atom is 0.522 e. The van der Waals surface area contributed by atoms with Crippen LogP contribution in [0, 0.1) is 0 Å². The summed E-state index contributed by atoms with van der Waals surface area (Å²) < 4.78 is 28.9. The van der Waals surface area contributed by atoms with Gasteiger partial charge in [-0.3, -0.25) is 0 Å². The standard InChI is InChI=1S/C13H9Cl3O6.C12H7Br3O6/c1-20-10(17)2-3-11(18)21-6-12(19)22-13-8(15)4-7(14)5-9(13)16;1-19-9(16)2-3-10(17)20-12(18)21-11-7(14)4-6(13)5-8(11)15/h2-5H,6H2,1H3;2-5H,1H3/b2*3-2-. The van der Waals surface area contributed by atoms with Gasteiger partial charge in [-0.05, 0) is 56.1 Å². The van der Waals surface area contributed by atoms with Gasteiger partial charge in [-0.1, -0.05) is 50.7 Å². The fraction of sp³-hybridized carbons (Fsp3) is 0.120. The summed E-state index contributed by atoms with van der Waals surface area (Å²) in [4.78, 5) is 67.0. The number of hydrogen-bond donors (Lipinski definition) is 0. The van der Waals surface area contributed by atoms with Crippen LogP contribution in [0.3, 0.4) is 0 Å². The zero-order chi connectivity index (χ0) is 32.7. The van der Waals surface area contributed by atoms with Crippen molar-refractivity contribution in [1.29, 1.82) is 0 Å². The quantitative estimate of drug-likeness (QED) is 0.0704. The molecular formula is C25H16Br3Cl3O12.